The Labute approximate surface area is 128 Å². The van der Waals surface area contributed by atoms with Crippen LogP contribution in [0.3, 0.4) is 0 Å². The predicted octanol–water partition coefficient (Wildman–Crippen LogP) is 3.47. The van der Waals surface area contributed by atoms with Gasteiger partial charge in [-0.1, -0.05) is 19.1 Å². The third kappa shape index (κ3) is 3.64. The summed E-state index contributed by atoms with van der Waals surface area (Å²) >= 11 is 0. The van der Waals surface area contributed by atoms with Gasteiger partial charge in [-0.05, 0) is 76.9 Å². The Kier molecular flexibility index (Phi) is 5.39. The number of halogens is 1. The van der Waals surface area contributed by atoms with Gasteiger partial charge in [-0.25, -0.2) is 4.39 Å². The first-order valence-corrected chi connectivity index (χ1v) is 8.07. The third-order valence-electron chi connectivity index (χ3n) is 5.38. The molecule has 1 atom stereocenters. The summed E-state index contributed by atoms with van der Waals surface area (Å²) in [6.45, 7) is 2.36. The van der Waals surface area contributed by atoms with Crippen LogP contribution in [0.5, 0.6) is 0 Å². The molecule has 21 heavy (non-hydrogen) atoms. The summed E-state index contributed by atoms with van der Waals surface area (Å²) in [6.07, 6.45) is 5.99. The molecule has 1 aliphatic rings. The van der Waals surface area contributed by atoms with Crippen LogP contribution in [0.15, 0.2) is 24.3 Å². The van der Waals surface area contributed by atoms with E-state index in [-0.39, 0.29) is 11.4 Å². The summed E-state index contributed by atoms with van der Waals surface area (Å²) in [5, 5.41) is 3.54. The molecule has 1 aromatic carbocycles. The van der Waals surface area contributed by atoms with E-state index >= 15 is 0 Å². The van der Waals surface area contributed by atoms with Crippen molar-refractivity contribution < 1.29 is 4.39 Å². The summed E-state index contributed by atoms with van der Waals surface area (Å²) in [4.78, 5) is 2.41. The van der Waals surface area contributed by atoms with E-state index in [1.54, 1.807) is 12.1 Å². The Morgan fingerprint density at radius 1 is 1.24 bits per heavy atom. The maximum Gasteiger partial charge on any atom is 0.123 e. The highest BCUT2D eigenvalue weighted by Gasteiger charge is 2.42. The molecular formula is C18H29FN2. The monoisotopic (exact) mass is 292 g/mol. The Balaban J connectivity index is 2.18. The van der Waals surface area contributed by atoms with E-state index in [1.807, 2.05) is 12.1 Å². The molecule has 1 aliphatic carbocycles. The average molecular weight is 292 g/mol. The van der Waals surface area contributed by atoms with Gasteiger partial charge in [-0.15, -0.1) is 0 Å². The zero-order valence-corrected chi connectivity index (χ0v) is 13.8. The molecule has 0 radical (unpaired) electrons. The van der Waals surface area contributed by atoms with Crippen molar-refractivity contribution in [1.82, 2.24) is 10.2 Å². The molecule has 0 aromatic heterocycles. The molecule has 1 aromatic rings. The van der Waals surface area contributed by atoms with Crippen LogP contribution in [-0.4, -0.2) is 37.6 Å². The number of nitrogens with one attached hydrogen (secondary N) is 1. The van der Waals surface area contributed by atoms with Gasteiger partial charge in [0.15, 0.2) is 0 Å². The second-order valence-corrected chi connectivity index (χ2v) is 6.85. The van der Waals surface area contributed by atoms with Crippen molar-refractivity contribution in [2.24, 2.45) is 5.92 Å². The van der Waals surface area contributed by atoms with Crippen molar-refractivity contribution in [3.05, 3.63) is 35.6 Å². The van der Waals surface area contributed by atoms with Gasteiger partial charge < -0.3 is 10.2 Å². The van der Waals surface area contributed by atoms with Crippen LogP contribution in [-0.2, 0) is 6.42 Å². The van der Waals surface area contributed by atoms with E-state index in [4.69, 9.17) is 0 Å². The Hall–Kier alpha value is -0.930. The summed E-state index contributed by atoms with van der Waals surface area (Å²) in [7, 11) is 6.45. The lowest BCUT2D eigenvalue weighted by atomic mass is 9.70. The van der Waals surface area contributed by atoms with Gasteiger partial charge in [-0.2, -0.15) is 0 Å². The van der Waals surface area contributed by atoms with Gasteiger partial charge in [-0.3, -0.25) is 0 Å². The van der Waals surface area contributed by atoms with Gasteiger partial charge in [0.2, 0.25) is 0 Å². The van der Waals surface area contributed by atoms with Crippen LogP contribution in [0.2, 0.25) is 0 Å². The molecule has 0 amide bonds. The van der Waals surface area contributed by atoms with Crippen LogP contribution in [0.4, 0.5) is 4.39 Å². The molecule has 1 unspecified atom stereocenters. The van der Waals surface area contributed by atoms with Crippen molar-refractivity contribution in [3.8, 4) is 0 Å². The largest absolute Gasteiger partial charge is 0.315 e. The van der Waals surface area contributed by atoms with Crippen LogP contribution in [0.1, 0.15) is 38.2 Å². The highest BCUT2D eigenvalue weighted by atomic mass is 19.1. The van der Waals surface area contributed by atoms with E-state index in [0.29, 0.717) is 6.04 Å². The summed E-state index contributed by atoms with van der Waals surface area (Å²) in [5.74, 6) is 0.676. The molecule has 1 fully saturated rings. The third-order valence-corrected chi connectivity index (χ3v) is 5.38. The van der Waals surface area contributed by atoms with Crippen molar-refractivity contribution in [3.63, 3.8) is 0 Å². The van der Waals surface area contributed by atoms with Crippen molar-refractivity contribution in [2.75, 3.05) is 21.1 Å². The minimum absolute atomic E-state index is 0.159. The van der Waals surface area contributed by atoms with Gasteiger partial charge in [0.05, 0.1) is 0 Å². The van der Waals surface area contributed by atoms with Crippen LogP contribution < -0.4 is 5.32 Å². The normalized spacial score (nSPS) is 27.8. The van der Waals surface area contributed by atoms with Gasteiger partial charge in [0.1, 0.15) is 5.82 Å². The Bertz CT molecular complexity index is 433. The lowest BCUT2D eigenvalue weighted by molar-refractivity contribution is 0.0461. The highest BCUT2D eigenvalue weighted by Crippen LogP contribution is 2.38. The molecule has 2 rings (SSSR count). The van der Waals surface area contributed by atoms with E-state index in [0.717, 1.165) is 12.3 Å². The fourth-order valence-electron chi connectivity index (χ4n) is 3.79. The first-order chi connectivity index (χ1) is 9.98. The number of likely N-dealkylation sites (N-methyl/N-ethyl adjacent to an activating group) is 2. The Morgan fingerprint density at radius 2 is 1.81 bits per heavy atom. The van der Waals surface area contributed by atoms with E-state index in [1.165, 1.54) is 31.2 Å². The minimum Gasteiger partial charge on any atom is -0.315 e. The van der Waals surface area contributed by atoms with Gasteiger partial charge >= 0.3 is 0 Å². The minimum atomic E-state index is -0.159. The first-order valence-electron chi connectivity index (χ1n) is 8.07. The second-order valence-electron chi connectivity index (χ2n) is 6.85. The molecule has 0 spiro atoms. The number of rotatable bonds is 5. The number of nitrogens with zero attached hydrogens (tertiary/aromatic N) is 1. The fourth-order valence-corrected chi connectivity index (χ4v) is 3.79. The molecule has 0 aliphatic heterocycles. The van der Waals surface area contributed by atoms with E-state index in [2.05, 4.69) is 38.3 Å². The summed E-state index contributed by atoms with van der Waals surface area (Å²) in [5.41, 5.74) is 1.41. The molecule has 1 saturated carbocycles. The molecule has 118 valence electrons. The molecule has 0 saturated heterocycles. The molecule has 1 N–H and O–H groups in total. The topological polar surface area (TPSA) is 15.3 Å². The Morgan fingerprint density at radius 3 is 2.29 bits per heavy atom. The lowest BCUT2D eigenvalue weighted by Crippen LogP contribution is -2.60. The van der Waals surface area contributed by atoms with Gasteiger partial charge in [0.25, 0.3) is 0 Å². The van der Waals surface area contributed by atoms with E-state index < -0.39 is 0 Å². The second kappa shape index (κ2) is 6.89. The molecule has 2 nitrogen and oxygen atoms in total. The quantitative estimate of drug-likeness (QED) is 0.894. The molecule has 3 heteroatoms. The maximum absolute atomic E-state index is 13.1. The van der Waals surface area contributed by atoms with Crippen molar-refractivity contribution in [2.45, 2.75) is 50.6 Å². The lowest BCUT2D eigenvalue weighted by Gasteiger charge is -2.50. The maximum atomic E-state index is 13.1. The van der Waals surface area contributed by atoms with Crippen molar-refractivity contribution >= 4 is 0 Å². The van der Waals surface area contributed by atoms with Crippen LogP contribution in [0.25, 0.3) is 0 Å². The van der Waals surface area contributed by atoms with Gasteiger partial charge in [0, 0.05) is 11.6 Å². The average Bonchev–Trinajstić information content (AvgIpc) is 2.48. The smallest absolute Gasteiger partial charge is 0.123 e. The first kappa shape index (κ1) is 16.4. The highest BCUT2D eigenvalue weighted by molar-refractivity contribution is 5.19. The summed E-state index contributed by atoms with van der Waals surface area (Å²) in [6, 6.07) is 7.34. The molecule has 0 heterocycles. The fraction of sp³-hybridized carbons (Fsp3) is 0.667. The molecule has 0 bridgehead atoms. The zero-order valence-electron chi connectivity index (χ0n) is 13.8. The zero-order chi connectivity index (χ0) is 15.5. The SMILES string of the molecule is CNC(Cc1ccc(F)cc1)C1(N(C)C)CCC(C)CC1. The number of hydrogen-bond acceptors (Lipinski definition) is 2. The summed E-state index contributed by atoms with van der Waals surface area (Å²) < 4.78 is 13.1. The number of hydrogen-bond donors (Lipinski definition) is 1. The van der Waals surface area contributed by atoms with Crippen molar-refractivity contribution in [1.29, 1.82) is 0 Å². The van der Waals surface area contributed by atoms with Crippen LogP contribution in [0, 0.1) is 11.7 Å². The standard InChI is InChI=1S/C18H29FN2/c1-14-9-11-18(12-10-14,21(3)4)17(20-2)13-15-5-7-16(19)8-6-15/h5-8,14,17,20H,9-13H2,1-4H3. The predicted molar refractivity (Wildman–Crippen MR) is 87.0 cm³/mol. The van der Waals surface area contributed by atoms with E-state index in [9.17, 15) is 4.39 Å². The van der Waals surface area contributed by atoms with Crippen LogP contribution >= 0.6 is 0 Å². The molecular weight excluding hydrogens is 263 g/mol. The number of benzene rings is 1.